The minimum atomic E-state index is -1.22. The maximum Gasteiger partial charge on any atom is 0.407 e. The van der Waals surface area contributed by atoms with Crippen LogP contribution in [-0.2, 0) is 16.0 Å². The van der Waals surface area contributed by atoms with Gasteiger partial charge in [0, 0.05) is 17.9 Å². The van der Waals surface area contributed by atoms with Crippen molar-refractivity contribution in [3.05, 3.63) is 107 Å². The van der Waals surface area contributed by atoms with Crippen molar-refractivity contribution in [1.29, 1.82) is 0 Å². The maximum absolute atomic E-state index is 12.7. The summed E-state index contributed by atoms with van der Waals surface area (Å²) in [5, 5.41) is 13.6. The largest absolute Gasteiger partial charge is 0.480 e. The molecular formula is C29H24N2O5. The minimum absolute atomic E-state index is 0.0130. The van der Waals surface area contributed by atoms with Crippen molar-refractivity contribution in [2.24, 2.45) is 5.73 Å². The van der Waals surface area contributed by atoms with Crippen LogP contribution in [0.4, 0.5) is 4.79 Å². The van der Waals surface area contributed by atoms with Gasteiger partial charge in [0.15, 0.2) is 0 Å². The molecule has 0 aliphatic heterocycles. The zero-order chi connectivity index (χ0) is 25.2. The van der Waals surface area contributed by atoms with Crippen molar-refractivity contribution < 1.29 is 24.2 Å². The second-order valence-electron chi connectivity index (χ2n) is 8.75. The van der Waals surface area contributed by atoms with Gasteiger partial charge in [-0.1, -0.05) is 78.9 Å². The number of fused-ring (bicyclic) bond motifs is 4. The Morgan fingerprint density at radius 1 is 0.833 bits per heavy atom. The van der Waals surface area contributed by atoms with E-state index in [2.05, 4.69) is 5.32 Å². The smallest absolute Gasteiger partial charge is 0.407 e. The van der Waals surface area contributed by atoms with Crippen LogP contribution < -0.4 is 11.1 Å². The molecule has 0 fully saturated rings. The summed E-state index contributed by atoms with van der Waals surface area (Å²) in [5.41, 5.74) is 10.9. The van der Waals surface area contributed by atoms with Crippen LogP contribution in [0.1, 0.15) is 33.0 Å². The van der Waals surface area contributed by atoms with Crippen LogP contribution in [0.15, 0.2) is 84.9 Å². The van der Waals surface area contributed by atoms with E-state index in [0.717, 1.165) is 22.3 Å². The molecule has 1 aliphatic carbocycles. The van der Waals surface area contributed by atoms with Crippen molar-refractivity contribution >= 4 is 28.7 Å². The number of carboxylic acids is 1. The highest BCUT2D eigenvalue weighted by atomic mass is 16.5. The molecule has 36 heavy (non-hydrogen) atoms. The standard InChI is InChI=1S/C29H24N2O5/c30-27(32)24-14-13-17(18-7-1-2-8-19(18)24)15-26(28(33)34)31-29(35)36-16-25-22-11-5-3-9-20(22)21-10-4-6-12-23(21)25/h1-14,25-26H,15-16H2,(H2,30,32)(H,31,35)(H,33,34)/t26-/m0/s1. The third kappa shape index (κ3) is 4.27. The summed E-state index contributed by atoms with van der Waals surface area (Å²) in [5.74, 6) is -1.88. The van der Waals surface area contributed by atoms with Gasteiger partial charge in [-0.2, -0.15) is 0 Å². The average Bonchev–Trinajstić information content (AvgIpc) is 3.20. The molecule has 4 aromatic carbocycles. The number of nitrogens with two attached hydrogens (primary N) is 1. The number of primary amides is 1. The van der Waals surface area contributed by atoms with Gasteiger partial charge in [-0.05, 0) is 44.7 Å². The summed E-state index contributed by atoms with van der Waals surface area (Å²) in [6.45, 7) is 0.0858. The highest BCUT2D eigenvalue weighted by molar-refractivity contribution is 6.07. The quantitative estimate of drug-likeness (QED) is 0.361. The molecule has 0 radical (unpaired) electrons. The Morgan fingerprint density at radius 2 is 1.42 bits per heavy atom. The molecule has 4 aromatic rings. The number of alkyl carbamates (subject to hydrolysis) is 1. The first-order chi connectivity index (χ1) is 17.4. The fourth-order valence-electron chi connectivity index (χ4n) is 4.96. The number of ether oxygens (including phenoxy) is 1. The van der Waals surface area contributed by atoms with E-state index in [9.17, 15) is 19.5 Å². The summed E-state index contributed by atoms with van der Waals surface area (Å²) in [6.07, 6.45) is -0.790. The molecule has 0 saturated heterocycles. The number of carboxylic acid groups (broad SMARTS) is 1. The third-order valence-corrected chi connectivity index (χ3v) is 6.64. The normalized spacial score (nSPS) is 13.0. The zero-order valence-corrected chi connectivity index (χ0v) is 19.3. The van der Waals surface area contributed by atoms with Crippen LogP contribution in [0.5, 0.6) is 0 Å². The van der Waals surface area contributed by atoms with Crippen molar-refractivity contribution in [1.82, 2.24) is 5.32 Å². The summed E-state index contributed by atoms with van der Waals surface area (Å²) in [7, 11) is 0. The molecule has 1 atom stereocenters. The first-order valence-electron chi connectivity index (χ1n) is 11.6. The Bertz CT molecular complexity index is 1450. The van der Waals surface area contributed by atoms with Crippen molar-refractivity contribution in [2.75, 3.05) is 6.61 Å². The number of amides is 2. The van der Waals surface area contributed by atoms with Gasteiger partial charge < -0.3 is 20.9 Å². The molecule has 5 rings (SSSR count). The highest BCUT2D eigenvalue weighted by Crippen LogP contribution is 2.44. The summed E-state index contributed by atoms with van der Waals surface area (Å²) < 4.78 is 5.52. The predicted molar refractivity (Wildman–Crippen MR) is 136 cm³/mol. The molecule has 0 heterocycles. The average molecular weight is 481 g/mol. The topological polar surface area (TPSA) is 119 Å². The Morgan fingerprint density at radius 3 is 2.03 bits per heavy atom. The van der Waals surface area contributed by atoms with E-state index in [4.69, 9.17) is 10.5 Å². The Hall–Kier alpha value is -4.65. The molecule has 0 bridgehead atoms. The van der Waals surface area contributed by atoms with Gasteiger partial charge in [0.1, 0.15) is 12.6 Å². The van der Waals surface area contributed by atoms with Gasteiger partial charge in [-0.3, -0.25) is 4.79 Å². The third-order valence-electron chi connectivity index (χ3n) is 6.64. The summed E-state index contributed by atoms with van der Waals surface area (Å²) in [4.78, 5) is 36.5. The second-order valence-corrected chi connectivity index (χ2v) is 8.75. The number of carbonyl (C=O) groups excluding carboxylic acids is 2. The first kappa shape index (κ1) is 23.1. The number of benzene rings is 4. The van der Waals surface area contributed by atoms with Gasteiger partial charge in [-0.15, -0.1) is 0 Å². The molecule has 4 N–H and O–H groups in total. The lowest BCUT2D eigenvalue weighted by Gasteiger charge is -2.18. The number of nitrogens with one attached hydrogen (secondary N) is 1. The van der Waals surface area contributed by atoms with E-state index in [-0.39, 0.29) is 18.9 Å². The highest BCUT2D eigenvalue weighted by Gasteiger charge is 2.30. The zero-order valence-electron chi connectivity index (χ0n) is 19.3. The molecule has 0 unspecified atom stereocenters. The molecule has 2 amide bonds. The van der Waals surface area contributed by atoms with Crippen LogP contribution in [0.2, 0.25) is 0 Å². The van der Waals surface area contributed by atoms with E-state index in [1.54, 1.807) is 36.4 Å². The Labute approximate surface area is 207 Å². The van der Waals surface area contributed by atoms with Gasteiger partial charge in [0.05, 0.1) is 0 Å². The SMILES string of the molecule is NC(=O)c1ccc(C[C@H](NC(=O)OCC2c3ccccc3-c3ccccc32)C(=O)O)c2ccccc12. The van der Waals surface area contributed by atoms with Gasteiger partial charge in [0.2, 0.25) is 5.91 Å². The van der Waals surface area contributed by atoms with E-state index in [1.165, 1.54) is 0 Å². The number of hydrogen-bond acceptors (Lipinski definition) is 4. The molecular weight excluding hydrogens is 456 g/mol. The molecule has 0 saturated carbocycles. The van der Waals surface area contributed by atoms with E-state index >= 15 is 0 Å². The van der Waals surface area contributed by atoms with E-state index < -0.39 is 24.0 Å². The van der Waals surface area contributed by atoms with E-state index in [1.807, 2.05) is 48.5 Å². The minimum Gasteiger partial charge on any atom is -0.480 e. The lowest BCUT2D eigenvalue weighted by Crippen LogP contribution is -2.43. The summed E-state index contributed by atoms with van der Waals surface area (Å²) >= 11 is 0. The Kier molecular flexibility index (Phi) is 6.12. The molecule has 7 heteroatoms. The lowest BCUT2D eigenvalue weighted by atomic mass is 9.95. The number of hydrogen-bond donors (Lipinski definition) is 3. The van der Waals surface area contributed by atoms with Gasteiger partial charge in [-0.25, -0.2) is 9.59 Å². The molecule has 180 valence electrons. The van der Waals surface area contributed by atoms with Crippen LogP contribution >= 0.6 is 0 Å². The molecule has 7 nitrogen and oxygen atoms in total. The molecule has 0 spiro atoms. The number of carbonyl (C=O) groups is 3. The van der Waals surface area contributed by atoms with Crippen LogP contribution in [0, 0.1) is 0 Å². The first-order valence-corrected chi connectivity index (χ1v) is 11.6. The fraction of sp³-hybridized carbons (Fsp3) is 0.138. The van der Waals surface area contributed by atoms with Crippen molar-refractivity contribution in [2.45, 2.75) is 18.4 Å². The van der Waals surface area contributed by atoms with Gasteiger partial charge >= 0.3 is 12.1 Å². The predicted octanol–water partition coefficient (Wildman–Crippen LogP) is 4.47. The van der Waals surface area contributed by atoms with Crippen molar-refractivity contribution in [3.8, 4) is 11.1 Å². The fourth-order valence-corrected chi connectivity index (χ4v) is 4.96. The van der Waals surface area contributed by atoms with Gasteiger partial charge in [0.25, 0.3) is 0 Å². The van der Waals surface area contributed by atoms with Crippen molar-refractivity contribution in [3.63, 3.8) is 0 Å². The number of aliphatic carboxylic acids is 1. The summed E-state index contributed by atoms with van der Waals surface area (Å²) in [6, 6.07) is 25.1. The molecule has 0 aromatic heterocycles. The van der Waals surface area contributed by atoms with Crippen LogP contribution in [0.3, 0.4) is 0 Å². The maximum atomic E-state index is 12.7. The van der Waals surface area contributed by atoms with Crippen LogP contribution in [0.25, 0.3) is 21.9 Å². The molecule has 1 aliphatic rings. The lowest BCUT2D eigenvalue weighted by molar-refractivity contribution is -0.139. The second kappa shape index (κ2) is 9.54. The monoisotopic (exact) mass is 480 g/mol. The number of rotatable bonds is 7. The van der Waals surface area contributed by atoms with E-state index in [0.29, 0.717) is 21.9 Å². The Balaban J connectivity index is 1.32. The van der Waals surface area contributed by atoms with Crippen LogP contribution in [-0.4, -0.2) is 35.7 Å².